The normalized spacial score (nSPS) is 14.0. The highest BCUT2D eigenvalue weighted by atomic mass is 32.2. The van der Waals surface area contributed by atoms with E-state index in [0.717, 1.165) is 0 Å². The minimum Gasteiger partial charge on any atom is -0.481 e. The molecule has 0 aliphatic heterocycles. The lowest BCUT2D eigenvalue weighted by Gasteiger charge is -2.23. The van der Waals surface area contributed by atoms with Crippen LogP contribution in [0.4, 0.5) is 0 Å². The van der Waals surface area contributed by atoms with Crippen LogP contribution in [0.25, 0.3) is 0 Å². The Hall–Kier alpha value is -0.710. The molecule has 19 heavy (non-hydrogen) atoms. The highest BCUT2D eigenvalue weighted by molar-refractivity contribution is 8.01. The van der Waals surface area contributed by atoms with Crippen molar-refractivity contribution in [2.45, 2.75) is 52.7 Å². The van der Waals surface area contributed by atoms with Crippen molar-refractivity contribution in [1.29, 1.82) is 0 Å². The van der Waals surface area contributed by atoms with Gasteiger partial charge in [0.25, 0.3) is 0 Å². The fraction of sp³-hybridized carbons (Fsp3) is 0.857. The van der Waals surface area contributed by atoms with Crippen LogP contribution in [0, 0.1) is 11.3 Å². The van der Waals surface area contributed by atoms with Gasteiger partial charge in [0.1, 0.15) is 0 Å². The molecule has 1 amide bonds. The first kappa shape index (κ1) is 18.3. The third kappa shape index (κ3) is 10.9. The maximum absolute atomic E-state index is 11.7. The summed E-state index contributed by atoms with van der Waals surface area (Å²) in [5, 5.41) is 11.9. The van der Waals surface area contributed by atoms with Gasteiger partial charge in [0.05, 0.1) is 11.7 Å². The maximum Gasteiger partial charge on any atom is 0.308 e. The molecule has 0 aromatic heterocycles. The van der Waals surface area contributed by atoms with Gasteiger partial charge in [-0.3, -0.25) is 9.59 Å². The summed E-state index contributed by atoms with van der Waals surface area (Å²) >= 11 is 1.56. The summed E-state index contributed by atoms with van der Waals surface area (Å²) in [6.45, 7) is 12.3. The van der Waals surface area contributed by atoms with Gasteiger partial charge in [-0.2, -0.15) is 0 Å². The van der Waals surface area contributed by atoms with Crippen LogP contribution in [0.15, 0.2) is 0 Å². The number of thioether (sulfide) groups is 1. The Kier molecular flexibility index (Phi) is 6.91. The summed E-state index contributed by atoms with van der Waals surface area (Å²) in [6.07, 6.45) is 0.551. The summed E-state index contributed by atoms with van der Waals surface area (Å²) in [5.41, 5.74) is -0.0616. The van der Waals surface area contributed by atoms with Gasteiger partial charge in [-0.05, 0) is 11.8 Å². The molecule has 2 N–H and O–H groups in total. The van der Waals surface area contributed by atoms with E-state index in [0.29, 0.717) is 12.2 Å². The molecule has 1 unspecified atom stereocenters. The van der Waals surface area contributed by atoms with Crippen molar-refractivity contribution >= 4 is 23.6 Å². The molecule has 0 rings (SSSR count). The van der Waals surface area contributed by atoms with Crippen LogP contribution in [-0.2, 0) is 9.59 Å². The van der Waals surface area contributed by atoms with Crippen LogP contribution in [-0.4, -0.2) is 34.0 Å². The second-order valence-corrected chi connectivity index (χ2v) is 8.81. The van der Waals surface area contributed by atoms with Crippen LogP contribution in [0.3, 0.4) is 0 Å². The largest absolute Gasteiger partial charge is 0.481 e. The molecule has 4 nitrogen and oxygen atoms in total. The van der Waals surface area contributed by atoms with Crippen molar-refractivity contribution in [3.63, 3.8) is 0 Å². The number of hydrogen-bond acceptors (Lipinski definition) is 3. The van der Waals surface area contributed by atoms with E-state index in [4.69, 9.17) is 5.11 Å². The number of hydrogen-bond donors (Lipinski definition) is 2. The van der Waals surface area contributed by atoms with Gasteiger partial charge in [0.15, 0.2) is 0 Å². The third-order valence-corrected chi connectivity index (χ3v) is 3.66. The Morgan fingerprint density at radius 1 is 1.16 bits per heavy atom. The van der Waals surface area contributed by atoms with Crippen LogP contribution in [0.1, 0.15) is 48.0 Å². The Morgan fingerprint density at radius 2 is 1.68 bits per heavy atom. The first-order valence-corrected chi connectivity index (χ1v) is 7.53. The van der Waals surface area contributed by atoms with Crippen LogP contribution < -0.4 is 5.32 Å². The molecule has 1 atom stereocenters. The lowest BCUT2D eigenvalue weighted by Crippen LogP contribution is -2.36. The number of amides is 1. The smallest absolute Gasteiger partial charge is 0.308 e. The van der Waals surface area contributed by atoms with E-state index < -0.39 is 11.9 Å². The highest BCUT2D eigenvalue weighted by Crippen LogP contribution is 2.25. The molecule has 0 aromatic rings. The molecule has 0 saturated carbocycles. The van der Waals surface area contributed by atoms with Gasteiger partial charge in [0.2, 0.25) is 5.91 Å². The second kappa shape index (κ2) is 7.17. The van der Waals surface area contributed by atoms with Gasteiger partial charge in [0, 0.05) is 11.3 Å². The third-order valence-electron chi connectivity index (χ3n) is 2.39. The van der Waals surface area contributed by atoms with Crippen molar-refractivity contribution in [2.24, 2.45) is 11.3 Å². The van der Waals surface area contributed by atoms with Crippen molar-refractivity contribution < 1.29 is 14.7 Å². The number of carboxylic acid groups (broad SMARTS) is 1. The van der Waals surface area contributed by atoms with Crippen LogP contribution >= 0.6 is 11.8 Å². The quantitative estimate of drug-likeness (QED) is 0.789. The number of aliphatic carboxylic acids is 1. The van der Waals surface area contributed by atoms with E-state index in [1.807, 2.05) is 41.5 Å². The second-order valence-electron chi connectivity index (χ2n) is 7.01. The van der Waals surface area contributed by atoms with E-state index in [1.165, 1.54) is 0 Å². The fourth-order valence-electron chi connectivity index (χ4n) is 1.56. The van der Waals surface area contributed by atoms with E-state index in [2.05, 4.69) is 5.32 Å². The molecular weight excluding hydrogens is 262 g/mol. The highest BCUT2D eigenvalue weighted by Gasteiger charge is 2.25. The molecule has 0 saturated heterocycles. The number of nitrogens with one attached hydrogen (secondary N) is 1. The predicted molar refractivity (Wildman–Crippen MR) is 80.4 cm³/mol. The minimum absolute atomic E-state index is 0.0367. The van der Waals surface area contributed by atoms with Gasteiger partial charge in [-0.1, -0.05) is 41.5 Å². The molecule has 0 heterocycles. The van der Waals surface area contributed by atoms with Gasteiger partial charge >= 0.3 is 5.97 Å². The van der Waals surface area contributed by atoms with Crippen molar-refractivity contribution in [3.8, 4) is 0 Å². The topological polar surface area (TPSA) is 66.4 Å². The van der Waals surface area contributed by atoms with Crippen molar-refractivity contribution in [3.05, 3.63) is 0 Å². The van der Waals surface area contributed by atoms with Gasteiger partial charge in [-0.25, -0.2) is 0 Å². The summed E-state index contributed by atoms with van der Waals surface area (Å²) in [6, 6.07) is 0. The monoisotopic (exact) mass is 289 g/mol. The molecule has 112 valence electrons. The summed E-state index contributed by atoms with van der Waals surface area (Å²) in [5.74, 6) is -1.10. The SMILES string of the molecule is CC(C)(C)CC(CNC(=O)CSC(C)(C)C)C(=O)O. The lowest BCUT2D eigenvalue weighted by molar-refractivity contribution is -0.142. The molecule has 0 spiro atoms. The van der Waals surface area contributed by atoms with Crippen LogP contribution in [0.5, 0.6) is 0 Å². The Labute approximate surface area is 120 Å². The van der Waals surface area contributed by atoms with E-state index in [-0.39, 0.29) is 22.6 Å². The average Bonchev–Trinajstić information content (AvgIpc) is 2.18. The molecule has 0 fully saturated rings. The number of carbonyl (C=O) groups is 2. The number of carboxylic acids is 1. The van der Waals surface area contributed by atoms with E-state index >= 15 is 0 Å². The Morgan fingerprint density at radius 3 is 2.05 bits per heavy atom. The zero-order chi connectivity index (χ0) is 15.3. The van der Waals surface area contributed by atoms with Crippen molar-refractivity contribution in [1.82, 2.24) is 5.32 Å². The molecule has 0 radical (unpaired) electrons. The minimum atomic E-state index is -0.848. The molecule has 0 bridgehead atoms. The molecular formula is C14H27NO3S. The lowest BCUT2D eigenvalue weighted by atomic mass is 9.84. The zero-order valence-electron chi connectivity index (χ0n) is 12.9. The van der Waals surface area contributed by atoms with Gasteiger partial charge < -0.3 is 10.4 Å². The van der Waals surface area contributed by atoms with Gasteiger partial charge in [-0.15, -0.1) is 11.8 Å². The first-order valence-electron chi connectivity index (χ1n) is 6.54. The van der Waals surface area contributed by atoms with E-state index in [9.17, 15) is 9.59 Å². The fourth-order valence-corrected chi connectivity index (χ4v) is 2.22. The Bertz CT molecular complexity index is 316. The van der Waals surface area contributed by atoms with E-state index in [1.54, 1.807) is 11.8 Å². The Balaban J connectivity index is 4.19. The van der Waals surface area contributed by atoms with Crippen LogP contribution in [0.2, 0.25) is 0 Å². The summed E-state index contributed by atoms with van der Waals surface area (Å²) in [7, 11) is 0. The first-order chi connectivity index (χ1) is 8.41. The predicted octanol–water partition coefficient (Wildman–Crippen LogP) is 2.77. The summed E-state index contributed by atoms with van der Waals surface area (Å²) in [4.78, 5) is 22.8. The number of rotatable bonds is 6. The molecule has 0 aliphatic carbocycles. The standard InChI is InChI=1S/C14H27NO3S/c1-13(2,3)7-10(12(17)18)8-15-11(16)9-19-14(4,5)6/h10H,7-9H2,1-6H3,(H,15,16)(H,17,18). The van der Waals surface area contributed by atoms with Crippen molar-refractivity contribution in [2.75, 3.05) is 12.3 Å². The zero-order valence-corrected chi connectivity index (χ0v) is 13.7. The molecule has 5 heteroatoms. The molecule has 0 aliphatic rings. The average molecular weight is 289 g/mol. The maximum atomic E-state index is 11.7. The summed E-state index contributed by atoms with van der Waals surface area (Å²) < 4.78 is 0.0367. The number of carbonyl (C=O) groups excluding carboxylic acids is 1. The molecule has 0 aromatic carbocycles.